The minimum absolute atomic E-state index is 1.12. The summed E-state index contributed by atoms with van der Waals surface area (Å²) in [4.78, 5) is 1.31. The van der Waals surface area contributed by atoms with Gasteiger partial charge in [0.1, 0.15) is 6.54 Å². The highest BCUT2D eigenvalue weighted by Crippen LogP contribution is 2.12. The zero-order chi connectivity index (χ0) is 13.3. The summed E-state index contributed by atoms with van der Waals surface area (Å²) in [6, 6.07) is 10.6. The summed E-state index contributed by atoms with van der Waals surface area (Å²) >= 11 is 1.78. The van der Waals surface area contributed by atoms with Gasteiger partial charge < -0.3 is 0 Å². The smallest absolute Gasteiger partial charge is 0.199 e. The molecule has 0 spiro atoms. The average molecular weight is 272 g/mol. The van der Waals surface area contributed by atoms with E-state index in [1.165, 1.54) is 36.3 Å². The Morgan fingerprint density at radius 3 is 2.79 bits per heavy atom. The van der Waals surface area contributed by atoms with Crippen molar-refractivity contribution in [2.75, 3.05) is 0 Å². The molecule has 0 radical (unpaired) electrons. The fourth-order valence-electron chi connectivity index (χ4n) is 2.11. The topological polar surface area (TPSA) is 3.88 Å². The standard InChI is InChI=1S/C17H22NS/c1-2-3-4-6-13-18-14-7-5-9-16(18)11-12-17-10-8-15-19-17/h5,7-12,14-15H,2-4,6,13H2,1H3/q+1/b12-11-. The molecule has 0 amide bonds. The van der Waals surface area contributed by atoms with Crippen LogP contribution < -0.4 is 4.57 Å². The number of aromatic nitrogens is 1. The van der Waals surface area contributed by atoms with Gasteiger partial charge in [0.25, 0.3) is 0 Å². The quantitative estimate of drug-likeness (QED) is 0.504. The molecule has 2 heteroatoms. The molecule has 2 aromatic heterocycles. The third-order valence-electron chi connectivity index (χ3n) is 3.19. The average Bonchev–Trinajstić information content (AvgIpc) is 2.96. The van der Waals surface area contributed by atoms with Crippen LogP contribution in [0.5, 0.6) is 0 Å². The molecule has 0 atom stereocenters. The molecule has 2 aromatic rings. The van der Waals surface area contributed by atoms with Crippen molar-refractivity contribution in [2.45, 2.75) is 39.2 Å². The largest absolute Gasteiger partial charge is 0.205 e. The van der Waals surface area contributed by atoms with Crippen LogP contribution >= 0.6 is 11.3 Å². The van der Waals surface area contributed by atoms with Gasteiger partial charge in [-0.1, -0.05) is 25.8 Å². The second kappa shape index (κ2) is 7.90. The van der Waals surface area contributed by atoms with Gasteiger partial charge in [0, 0.05) is 29.5 Å². The van der Waals surface area contributed by atoms with Crippen LogP contribution in [0.25, 0.3) is 12.2 Å². The van der Waals surface area contributed by atoms with Gasteiger partial charge in [0.05, 0.1) is 0 Å². The molecule has 0 aliphatic heterocycles. The summed E-state index contributed by atoms with van der Waals surface area (Å²) < 4.78 is 2.35. The van der Waals surface area contributed by atoms with Crippen LogP contribution in [0.4, 0.5) is 0 Å². The van der Waals surface area contributed by atoms with E-state index in [-0.39, 0.29) is 0 Å². The Morgan fingerprint density at radius 2 is 2.00 bits per heavy atom. The molecular weight excluding hydrogens is 250 g/mol. The second-order valence-corrected chi connectivity index (χ2v) is 5.71. The molecule has 2 heterocycles. The number of nitrogens with zero attached hydrogens (tertiary/aromatic N) is 1. The molecule has 2 rings (SSSR count). The number of rotatable bonds is 7. The first kappa shape index (κ1) is 14.0. The lowest BCUT2D eigenvalue weighted by Crippen LogP contribution is -2.36. The molecule has 0 unspecified atom stereocenters. The predicted octanol–water partition coefficient (Wildman–Crippen LogP) is 4.79. The zero-order valence-electron chi connectivity index (χ0n) is 11.6. The third-order valence-corrected chi connectivity index (χ3v) is 4.03. The van der Waals surface area contributed by atoms with Crippen molar-refractivity contribution in [3.63, 3.8) is 0 Å². The minimum atomic E-state index is 1.12. The van der Waals surface area contributed by atoms with Gasteiger partial charge in [-0.2, -0.15) is 4.57 Å². The van der Waals surface area contributed by atoms with Crippen LogP contribution in [0.2, 0.25) is 0 Å². The van der Waals surface area contributed by atoms with E-state index in [4.69, 9.17) is 0 Å². The molecule has 0 saturated heterocycles. The lowest BCUT2D eigenvalue weighted by Gasteiger charge is -2.00. The van der Waals surface area contributed by atoms with E-state index in [9.17, 15) is 0 Å². The monoisotopic (exact) mass is 272 g/mol. The van der Waals surface area contributed by atoms with Crippen molar-refractivity contribution in [2.24, 2.45) is 0 Å². The van der Waals surface area contributed by atoms with Gasteiger partial charge in [0.15, 0.2) is 6.20 Å². The molecule has 0 fully saturated rings. The molecule has 0 aliphatic carbocycles. The van der Waals surface area contributed by atoms with Crippen LogP contribution in [0.3, 0.4) is 0 Å². The lowest BCUT2D eigenvalue weighted by molar-refractivity contribution is -0.699. The molecule has 0 bridgehead atoms. The van der Waals surface area contributed by atoms with Crippen LogP contribution in [-0.2, 0) is 6.54 Å². The van der Waals surface area contributed by atoms with E-state index in [1.807, 2.05) is 0 Å². The zero-order valence-corrected chi connectivity index (χ0v) is 12.4. The van der Waals surface area contributed by atoms with Crippen molar-refractivity contribution >= 4 is 23.5 Å². The van der Waals surface area contributed by atoms with Gasteiger partial charge in [-0.3, -0.25) is 0 Å². The molecule has 100 valence electrons. The fourth-order valence-corrected chi connectivity index (χ4v) is 2.73. The second-order valence-electron chi connectivity index (χ2n) is 4.73. The fraction of sp³-hybridized carbons (Fsp3) is 0.353. The van der Waals surface area contributed by atoms with Gasteiger partial charge >= 0.3 is 0 Å². The predicted molar refractivity (Wildman–Crippen MR) is 84.0 cm³/mol. The highest BCUT2D eigenvalue weighted by molar-refractivity contribution is 7.10. The first-order chi connectivity index (χ1) is 9.40. The molecule has 0 N–H and O–H groups in total. The third kappa shape index (κ3) is 4.64. The van der Waals surface area contributed by atoms with Gasteiger partial charge in [-0.25, -0.2) is 0 Å². The minimum Gasteiger partial charge on any atom is -0.199 e. The first-order valence-corrected chi connectivity index (χ1v) is 7.98. The van der Waals surface area contributed by atoms with Crippen molar-refractivity contribution in [3.05, 3.63) is 52.5 Å². The number of unbranched alkanes of at least 4 members (excludes halogenated alkanes) is 3. The van der Waals surface area contributed by atoms with Gasteiger partial charge in [-0.05, 0) is 30.0 Å². The van der Waals surface area contributed by atoms with Crippen molar-refractivity contribution < 1.29 is 4.57 Å². The first-order valence-electron chi connectivity index (χ1n) is 7.10. The van der Waals surface area contributed by atoms with E-state index >= 15 is 0 Å². The maximum absolute atomic E-state index is 2.35. The van der Waals surface area contributed by atoms with Crippen molar-refractivity contribution in [3.8, 4) is 0 Å². The van der Waals surface area contributed by atoms with Crippen LogP contribution in [-0.4, -0.2) is 0 Å². The number of thiophene rings is 1. The van der Waals surface area contributed by atoms with Crippen molar-refractivity contribution in [1.29, 1.82) is 0 Å². The normalized spacial score (nSPS) is 11.2. The molecular formula is C17H22NS+. The SMILES string of the molecule is CCCCCC[n+]1ccccc1/C=C\c1cccs1. The summed E-state index contributed by atoms with van der Waals surface area (Å²) in [5.41, 5.74) is 1.28. The number of aryl methyl sites for hydroxylation is 1. The van der Waals surface area contributed by atoms with E-state index in [2.05, 4.69) is 65.6 Å². The summed E-state index contributed by atoms with van der Waals surface area (Å²) in [5.74, 6) is 0. The summed E-state index contributed by atoms with van der Waals surface area (Å²) in [5, 5.41) is 2.11. The van der Waals surface area contributed by atoms with E-state index in [0.717, 1.165) is 6.54 Å². The highest BCUT2D eigenvalue weighted by Gasteiger charge is 2.05. The van der Waals surface area contributed by atoms with E-state index in [1.54, 1.807) is 11.3 Å². The molecule has 0 saturated carbocycles. The van der Waals surface area contributed by atoms with Gasteiger partial charge in [0.2, 0.25) is 5.69 Å². The van der Waals surface area contributed by atoms with E-state index < -0.39 is 0 Å². The Balaban J connectivity index is 1.99. The van der Waals surface area contributed by atoms with Crippen molar-refractivity contribution in [1.82, 2.24) is 0 Å². The molecule has 0 aromatic carbocycles. The molecule has 0 aliphatic rings. The van der Waals surface area contributed by atoms with Crippen LogP contribution in [0.1, 0.15) is 43.2 Å². The maximum Gasteiger partial charge on any atom is 0.205 e. The van der Waals surface area contributed by atoms with Crippen LogP contribution in [0, 0.1) is 0 Å². The highest BCUT2D eigenvalue weighted by atomic mass is 32.1. The molecule has 19 heavy (non-hydrogen) atoms. The Hall–Kier alpha value is -1.41. The van der Waals surface area contributed by atoms with Gasteiger partial charge in [-0.15, -0.1) is 11.3 Å². The number of hydrogen-bond acceptors (Lipinski definition) is 1. The Morgan fingerprint density at radius 1 is 1.05 bits per heavy atom. The summed E-state index contributed by atoms with van der Waals surface area (Å²) in [6.45, 7) is 3.37. The lowest BCUT2D eigenvalue weighted by atomic mass is 10.2. The Kier molecular flexibility index (Phi) is 5.83. The molecule has 1 nitrogen and oxygen atoms in total. The summed E-state index contributed by atoms with van der Waals surface area (Å²) in [7, 11) is 0. The van der Waals surface area contributed by atoms with E-state index in [0.29, 0.717) is 0 Å². The number of pyridine rings is 1. The maximum atomic E-state index is 2.35. The Labute approximate surface area is 120 Å². The Bertz CT molecular complexity index is 500. The van der Waals surface area contributed by atoms with Crippen LogP contribution in [0.15, 0.2) is 41.9 Å². The number of hydrogen-bond donors (Lipinski definition) is 0. The summed E-state index contributed by atoms with van der Waals surface area (Å²) in [6.07, 6.45) is 11.8.